The predicted octanol–water partition coefficient (Wildman–Crippen LogP) is 4.29. The summed E-state index contributed by atoms with van der Waals surface area (Å²) in [5.41, 5.74) is 2.95. The number of alkyl halides is 1. The Kier molecular flexibility index (Phi) is 3.38. The number of hydrogen-bond donors (Lipinski definition) is 0. The number of carbonyl (C=O) groups excluding carboxylic acids is 1. The van der Waals surface area contributed by atoms with Crippen LogP contribution in [-0.4, -0.2) is 5.78 Å². The lowest BCUT2D eigenvalue weighted by atomic mass is 9.96. The van der Waals surface area contributed by atoms with E-state index in [0.717, 1.165) is 10.9 Å². The van der Waals surface area contributed by atoms with Crippen LogP contribution < -0.4 is 4.74 Å². The fourth-order valence-corrected chi connectivity index (χ4v) is 2.65. The maximum atomic E-state index is 12.1. The molecule has 1 atom stereocenters. The molecule has 0 aromatic heterocycles. The molecule has 96 valence electrons. The summed E-state index contributed by atoms with van der Waals surface area (Å²) in [5, 5.41) is 0.834. The van der Waals surface area contributed by atoms with Crippen LogP contribution in [-0.2, 0) is 5.33 Å². The zero-order chi connectivity index (χ0) is 13.2. The van der Waals surface area contributed by atoms with Crippen molar-refractivity contribution in [3.05, 3.63) is 65.2 Å². The molecule has 0 N–H and O–H groups in total. The fourth-order valence-electron chi connectivity index (χ4n) is 2.28. The average molecular weight is 317 g/mol. The van der Waals surface area contributed by atoms with Gasteiger partial charge in [-0.2, -0.15) is 0 Å². The fraction of sp³-hybridized carbons (Fsp3) is 0.188. The number of para-hydroxylation sites is 1. The van der Waals surface area contributed by atoms with Crippen molar-refractivity contribution < 1.29 is 9.53 Å². The van der Waals surface area contributed by atoms with E-state index in [1.807, 2.05) is 36.4 Å². The van der Waals surface area contributed by atoms with E-state index >= 15 is 0 Å². The molecule has 19 heavy (non-hydrogen) atoms. The monoisotopic (exact) mass is 316 g/mol. The number of rotatable bonds is 2. The van der Waals surface area contributed by atoms with E-state index in [1.165, 1.54) is 5.56 Å². The third-order valence-corrected chi connectivity index (χ3v) is 3.98. The second-order valence-electron chi connectivity index (χ2n) is 4.61. The molecule has 0 saturated carbocycles. The van der Waals surface area contributed by atoms with Gasteiger partial charge < -0.3 is 4.74 Å². The summed E-state index contributed by atoms with van der Waals surface area (Å²) >= 11 is 3.42. The van der Waals surface area contributed by atoms with Crippen LogP contribution >= 0.6 is 15.9 Å². The molecule has 1 aliphatic rings. The van der Waals surface area contributed by atoms with Crippen LogP contribution in [0.5, 0.6) is 5.75 Å². The summed E-state index contributed by atoms with van der Waals surface area (Å²) in [6.07, 6.45) is 0.233. The molecule has 0 amide bonds. The number of fused-ring (bicyclic) bond motifs is 1. The Morgan fingerprint density at radius 2 is 1.84 bits per heavy atom. The maximum Gasteiger partial charge on any atom is 0.170 e. The standard InChI is InChI=1S/C16H13BrO2/c17-10-11-5-7-12(8-6-11)16-9-14(18)13-3-1-2-4-15(13)19-16/h1-8,16H,9-10H2. The van der Waals surface area contributed by atoms with Crippen LogP contribution in [0.25, 0.3) is 0 Å². The number of benzene rings is 2. The highest BCUT2D eigenvalue weighted by molar-refractivity contribution is 9.08. The van der Waals surface area contributed by atoms with Gasteiger partial charge in [0.15, 0.2) is 5.78 Å². The van der Waals surface area contributed by atoms with Crippen molar-refractivity contribution in [2.75, 3.05) is 0 Å². The predicted molar refractivity (Wildman–Crippen MR) is 77.8 cm³/mol. The Morgan fingerprint density at radius 1 is 1.11 bits per heavy atom. The van der Waals surface area contributed by atoms with Gasteiger partial charge in [0.05, 0.1) is 12.0 Å². The zero-order valence-corrected chi connectivity index (χ0v) is 11.9. The Morgan fingerprint density at radius 3 is 2.58 bits per heavy atom. The summed E-state index contributed by atoms with van der Waals surface area (Å²) < 4.78 is 5.93. The SMILES string of the molecule is O=C1CC(c2ccc(CBr)cc2)Oc2ccccc21. The molecule has 3 rings (SSSR count). The second-order valence-corrected chi connectivity index (χ2v) is 5.17. The molecule has 1 unspecified atom stereocenters. The third kappa shape index (κ3) is 2.43. The Balaban J connectivity index is 1.90. The van der Waals surface area contributed by atoms with Crippen molar-refractivity contribution in [2.45, 2.75) is 17.9 Å². The Hall–Kier alpha value is -1.61. The van der Waals surface area contributed by atoms with Crippen molar-refractivity contribution in [1.29, 1.82) is 0 Å². The third-order valence-electron chi connectivity index (χ3n) is 3.33. The molecule has 2 aromatic rings. The smallest absolute Gasteiger partial charge is 0.170 e. The number of carbonyl (C=O) groups is 1. The summed E-state index contributed by atoms with van der Waals surface area (Å²) in [5.74, 6) is 0.838. The minimum atomic E-state index is -0.174. The van der Waals surface area contributed by atoms with Crippen LogP contribution in [0.4, 0.5) is 0 Å². The largest absolute Gasteiger partial charge is 0.484 e. The van der Waals surface area contributed by atoms with E-state index in [4.69, 9.17) is 4.74 Å². The van der Waals surface area contributed by atoms with Gasteiger partial charge in [-0.3, -0.25) is 4.79 Å². The van der Waals surface area contributed by atoms with E-state index in [-0.39, 0.29) is 11.9 Å². The first-order chi connectivity index (χ1) is 9.28. The lowest BCUT2D eigenvalue weighted by Gasteiger charge is -2.25. The van der Waals surface area contributed by atoms with E-state index in [2.05, 4.69) is 28.1 Å². The van der Waals surface area contributed by atoms with E-state index < -0.39 is 0 Å². The number of ether oxygens (including phenoxy) is 1. The van der Waals surface area contributed by atoms with Crippen molar-refractivity contribution in [2.24, 2.45) is 0 Å². The van der Waals surface area contributed by atoms with Crippen molar-refractivity contribution in [3.8, 4) is 5.75 Å². The molecular weight excluding hydrogens is 304 g/mol. The maximum absolute atomic E-state index is 12.1. The van der Waals surface area contributed by atoms with Gasteiger partial charge in [-0.1, -0.05) is 52.3 Å². The van der Waals surface area contributed by atoms with Crippen LogP contribution in [0.1, 0.15) is 34.0 Å². The molecule has 0 bridgehead atoms. The summed E-state index contributed by atoms with van der Waals surface area (Å²) in [7, 11) is 0. The van der Waals surface area contributed by atoms with Crippen LogP contribution in [0.15, 0.2) is 48.5 Å². The minimum Gasteiger partial charge on any atom is -0.484 e. The van der Waals surface area contributed by atoms with Gasteiger partial charge in [-0.05, 0) is 23.3 Å². The molecule has 3 heteroatoms. The molecule has 0 radical (unpaired) electrons. The average Bonchev–Trinajstić information content (AvgIpc) is 2.47. The Labute approximate surface area is 120 Å². The van der Waals surface area contributed by atoms with Gasteiger partial charge in [0.2, 0.25) is 0 Å². The van der Waals surface area contributed by atoms with Gasteiger partial charge >= 0.3 is 0 Å². The zero-order valence-electron chi connectivity index (χ0n) is 10.3. The molecule has 0 saturated heterocycles. The van der Waals surface area contributed by atoms with Gasteiger partial charge in [0.1, 0.15) is 11.9 Å². The van der Waals surface area contributed by atoms with Gasteiger partial charge in [0.25, 0.3) is 0 Å². The van der Waals surface area contributed by atoms with Crippen molar-refractivity contribution in [1.82, 2.24) is 0 Å². The Bertz CT molecular complexity index is 604. The molecule has 2 nitrogen and oxygen atoms in total. The summed E-state index contributed by atoms with van der Waals surface area (Å²) in [6, 6.07) is 15.6. The topological polar surface area (TPSA) is 26.3 Å². The molecular formula is C16H13BrO2. The van der Waals surface area contributed by atoms with Crippen molar-refractivity contribution >= 4 is 21.7 Å². The van der Waals surface area contributed by atoms with Crippen LogP contribution in [0, 0.1) is 0 Å². The number of Topliss-reactive ketones (excluding diaryl/α,β-unsaturated/α-hetero) is 1. The molecule has 0 spiro atoms. The second kappa shape index (κ2) is 5.17. The number of ketones is 1. The van der Waals surface area contributed by atoms with Gasteiger partial charge in [-0.15, -0.1) is 0 Å². The lowest BCUT2D eigenvalue weighted by Crippen LogP contribution is -2.20. The number of hydrogen-bond acceptors (Lipinski definition) is 2. The van der Waals surface area contributed by atoms with Gasteiger partial charge in [0, 0.05) is 5.33 Å². The molecule has 1 aliphatic heterocycles. The first-order valence-electron chi connectivity index (χ1n) is 6.21. The first-order valence-corrected chi connectivity index (χ1v) is 7.34. The van der Waals surface area contributed by atoms with E-state index in [1.54, 1.807) is 0 Å². The molecule has 1 heterocycles. The first kappa shape index (κ1) is 12.4. The van der Waals surface area contributed by atoms with E-state index in [0.29, 0.717) is 17.7 Å². The molecule has 0 aliphatic carbocycles. The lowest BCUT2D eigenvalue weighted by molar-refractivity contribution is 0.0850. The minimum absolute atomic E-state index is 0.149. The van der Waals surface area contributed by atoms with Gasteiger partial charge in [-0.25, -0.2) is 0 Å². The highest BCUT2D eigenvalue weighted by Crippen LogP contribution is 2.34. The normalized spacial score (nSPS) is 17.7. The van der Waals surface area contributed by atoms with E-state index in [9.17, 15) is 4.79 Å². The van der Waals surface area contributed by atoms with Crippen LogP contribution in [0.2, 0.25) is 0 Å². The summed E-state index contributed by atoms with van der Waals surface area (Å²) in [4.78, 5) is 12.1. The highest BCUT2D eigenvalue weighted by Gasteiger charge is 2.26. The molecule has 2 aromatic carbocycles. The molecule has 0 fully saturated rings. The van der Waals surface area contributed by atoms with Crippen molar-refractivity contribution in [3.63, 3.8) is 0 Å². The number of halogens is 1. The summed E-state index contributed by atoms with van der Waals surface area (Å²) in [6.45, 7) is 0. The highest BCUT2D eigenvalue weighted by atomic mass is 79.9. The quantitative estimate of drug-likeness (QED) is 0.773. The van der Waals surface area contributed by atoms with Crippen LogP contribution in [0.3, 0.4) is 0 Å².